The maximum absolute atomic E-state index is 11.1. The quantitative estimate of drug-likeness (QED) is 0.407. The molecule has 2 fully saturated rings. The van der Waals surface area contributed by atoms with Gasteiger partial charge in [-0.3, -0.25) is 9.59 Å². The van der Waals surface area contributed by atoms with E-state index in [9.17, 15) is 14.4 Å². The van der Waals surface area contributed by atoms with Gasteiger partial charge in [-0.15, -0.1) is 0 Å². The number of Topliss-reactive ketones (excluding diaryl/α,β-unsaturated/α-hetero) is 1. The minimum atomic E-state index is -0.340. The summed E-state index contributed by atoms with van der Waals surface area (Å²) >= 11 is 1.82. The van der Waals surface area contributed by atoms with Crippen molar-refractivity contribution in [2.75, 3.05) is 5.75 Å². The van der Waals surface area contributed by atoms with Crippen LogP contribution in [0.15, 0.2) is 0 Å². The van der Waals surface area contributed by atoms with Crippen molar-refractivity contribution >= 4 is 29.9 Å². The summed E-state index contributed by atoms with van der Waals surface area (Å²) in [6.07, 6.45) is 2.28. The normalized spacial score (nSPS) is 31.8. The van der Waals surface area contributed by atoms with E-state index in [0.29, 0.717) is 24.4 Å². The molecular weight excluding hydrogens is 228 g/mol. The van der Waals surface area contributed by atoms with Gasteiger partial charge in [0.2, 0.25) is 0 Å². The zero-order chi connectivity index (χ0) is 11.5. The molecule has 2 rings (SSSR count). The lowest BCUT2D eigenvalue weighted by atomic mass is 10.0. The van der Waals surface area contributed by atoms with Crippen molar-refractivity contribution in [2.24, 2.45) is 0 Å². The van der Waals surface area contributed by atoms with Crippen LogP contribution in [0.25, 0.3) is 0 Å². The van der Waals surface area contributed by atoms with Crippen LogP contribution in [0.1, 0.15) is 19.3 Å². The Hall–Kier alpha value is -1.04. The number of urea groups is 1. The highest BCUT2D eigenvalue weighted by Crippen LogP contribution is 2.32. The highest BCUT2D eigenvalue weighted by molar-refractivity contribution is 8.00. The monoisotopic (exact) mass is 242 g/mol. The van der Waals surface area contributed by atoms with Gasteiger partial charge >= 0.3 is 6.03 Å². The molecule has 6 heteroatoms. The molecule has 0 aromatic rings. The number of ketones is 1. The fraction of sp³-hybridized carbons (Fsp3) is 0.700. The van der Waals surface area contributed by atoms with Crippen molar-refractivity contribution in [3.8, 4) is 0 Å². The van der Waals surface area contributed by atoms with Crippen molar-refractivity contribution in [2.45, 2.75) is 36.6 Å². The van der Waals surface area contributed by atoms with Gasteiger partial charge in [-0.2, -0.15) is 11.8 Å². The third kappa shape index (κ3) is 2.37. The Kier molecular flexibility index (Phi) is 3.48. The largest absolute Gasteiger partial charge is 0.332 e. The van der Waals surface area contributed by atoms with Crippen molar-refractivity contribution in [1.29, 1.82) is 0 Å². The van der Waals surface area contributed by atoms with Gasteiger partial charge in [0.25, 0.3) is 0 Å². The van der Waals surface area contributed by atoms with E-state index in [-0.39, 0.29) is 23.9 Å². The summed E-state index contributed by atoms with van der Waals surface area (Å²) in [7, 11) is 0. The third-order valence-corrected chi connectivity index (χ3v) is 4.49. The topological polar surface area (TPSA) is 75.3 Å². The maximum atomic E-state index is 11.1. The van der Waals surface area contributed by atoms with E-state index in [0.717, 1.165) is 12.2 Å². The number of amides is 2. The van der Waals surface area contributed by atoms with Crippen LogP contribution in [-0.4, -0.2) is 41.2 Å². The fourth-order valence-corrected chi connectivity index (χ4v) is 3.72. The molecule has 5 nitrogen and oxygen atoms in total. The molecule has 16 heavy (non-hydrogen) atoms. The van der Waals surface area contributed by atoms with Crippen LogP contribution in [-0.2, 0) is 9.59 Å². The van der Waals surface area contributed by atoms with Gasteiger partial charge in [-0.25, -0.2) is 4.79 Å². The molecule has 2 amide bonds. The smallest absolute Gasteiger partial charge is 0.315 e. The molecule has 0 radical (unpaired) electrons. The SMILES string of the molecule is O=CC(=O)CCC[C@@H]1SC[C@@H]2NC(=O)N[C@@H]21. The van der Waals surface area contributed by atoms with E-state index in [4.69, 9.17) is 0 Å². The molecule has 0 bridgehead atoms. The first-order chi connectivity index (χ1) is 7.70. The molecule has 0 spiro atoms. The number of fused-ring (bicyclic) bond motifs is 1. The van der Waals surface area contributed by atoms with Gasteiger partial charge in [0, 0.05) is 17.4 Å². The van der Waals surface area contributed by atoms with Crippen LogP contribution in [0.3, 0.4) is 0 Å². The second-order valence-electron chi connectivity index (χ2n) is 4.10. The molecule has 3 atom stereocenters. The lowest BCUT2D eigenvalue weighted by Crippen LogP contribution is -2.36. The van der Waals surface area contributed by atoms with Crippen LogP contribution >= 0.6 is 11.8 Å². The zero-order valence-corrected chi connectivity index (χ0v) is 9.59. The highest BCUT2D eigenvalue weighted by atomic mass is 32.2. The molecule has 2 aliphatic heterocycles. The number of rotatable bonds is 5. The van der Waals surface area contributed by atoms with Gasteiger partial charge in [-0.1, -0.05) is 0 Å². The zero-order valence-electron chi connectivity index (χ0n) is 8.77. The Morgan fingerprint density at radius 1 is 1.50 bits per heavy atom. The van der Waals surface area contributed by atoms with Crippen molar-refractivity contribution < 1.29 is 14.4 Å². The number of carbonyl (C=O) groups excluding carboxylic acids is 3. The summed E-state index contributed by atoms with van der Waals surface area (Å²) in [4.78, 5) is 32.0. The lowest BCUT2D eigenvalue weighted by molar-refractivity contribution is -0.129. The molecule has 0 aromatic carbocycles. The van der Waals surface area contributed by atoms with Gasteiger partial charge in [0.15, 0.2) is 12.1 Å². The second-order valence-corrected chi connectivity index (χ2v) is 5.37. The average molecular weight is 242 g/mol. The van der Waals surface area contributed by atoms with Gasteiger partial charge in [-0.05, 0) is 12.8 Å². The lowest BCUT2D eigenvalue weighted by Gasteiger charge is -2.15. The molecule has 0 aliphatic carbocycles. The molecule has 0 saturated carbocycles. The van der Waals surface area contributed by atoms with Crippen molar-refractivity contribution in [3.63, 3.8) is 0 Å². The van der Waals surface area contributed by atoms with Crippen LogP contribution in [0, 0.1) is 0 Å². The molecule has 2 saturated heterocycles. The Labute approximate surface area is 97.7 Å². The first-order valence-corrected chi connectivity index (χ1v) is 6.42. The van der Waals surface area contributed by atoms with Crippen molar-refractivity contribution in [3.05, 3.63) is 0 Å². The van der Waals surface area contributed by atoms with E-state index < -0.39 is 0 Å². The minimum absolute atomic E-state index is 0.0933. The van der Waals surface area contributed by atoms with E-state index in [1.54, 1.807) is 0 Å². The van der Waals surface area contributed by atoms with Crippen LogP contribution in [0.5, 0.6) is 0 Å². The van der Waals surface area contributed by atoms with E-state index in [1.165, 1.54) is 0 Å². The predicted molar refractivity (Wildman–Crippen MR) is 60.4 cm³/mol. The summed E-state index contributed by atoms with van der Waals surface area (Å²) in [6, 6.07) is 0.317. The summed E-state index contributed by atoms with van der Waals surface area (Å²) in [6.45, 7) is 0. The average Bonchev–Trinajstić information content (AvgIpc) is 2.78. The number of aldehydes is 1. The summed E-state index contributed by atoms with van der Waals surface area (Å²) in [5.41, 5.74) is 0. The van der Waals surface area contributed by atoms with E-state index >= 15 is 0 Å². The van der Waals surface area contributed by atoms with Crippen molar-refractivity contribution in [1.82, 2.24) is 10.6 Å². The Morgan fingerprint density at radius 2 is 2.31 bits per heavy atom. The molecule has 0 aromatic heterocycles. The number of nitrogens with one attached hydrogen (secondary N) is 2. The molecular formula is C10H14N2O3S. The summed E-state index contributed by atoms with van der Waals surface area (Å²) in [5, 5.41) is 6.12. The number of thioether (sulfide) groups is 1. The second kappa shape index (κ2) is 4.86. The van der Waals surface area contributed by atoms with Gasteiger partial charge < -0.3 is 10.6 Å². The van der Waals surface area contributed by atoms with Crippen LogP contribution in [0.2, 0.25) is 0 Å². The molecule has 2 heterocycles. The minimum Gasteiger partial charge on any atom is -0.332 e. The molecule has 2 N–H and O–H groups in total. The number of hydrogen-bond acceptors (Lipinski definition) is 4. The maximum Gasteiger partial charge on any atom is 0.315 e. The molecule has 0 unspecified atom stereocenters. The van der Waals surface area contributed by atoms with Crippen LogP contribution < -0.4 is 10.6 Å². The molecule has 88 valence electrons. The predicted octanol–water partition coefficient (Wildman–Crippen LogP) is 0.0901. The first-order valence-electron chi connectivity index (χ1n) is 5.37. The number of hydrogen-bond donors (Lipinski definition) is 2. The first kappa shape index (κ1) is 11.4. The Balaban J connectivity index is 1.76. The van der Waals surface area contributed by atoms with Crippen LogP contribution in [0.4, 0.5) is 4.79 Å². The summed E-state index contributed by atoms with van der Waals surface area (Å²) in [5.74, 6) is 0.587. The van der Waals surface area contributed by atoms with Gasteiger partial charge in [0.05, 0.1) is 12.1 Å². The van der Waals surface area contributed by atoms with Gasteiger partial charge in [0.1, 0.15) is 0 Å². The van der Waals surface area contributed by atoms with E-state index in [1.807, 2.05) is 11.8 Å². The van der Waals surface area contributed by atoms with E-state index in [2.05, 4.69) is 10.6 Å². The Morgan fingerprint density at radius 3 is 3.06 bits per heavy atom. The highest BCUT2D eigenvalue weighted by Gasteiger charge is 2.42. The summed E-state index contributed by atoms with van der Waals surface area (Å²) < 4.78 is 0. The molecule has 2 aliphatic rings. The standard InChI is InChI=1S/C10H14N2O3S/c13-4-6(14)2-1-3-8-9-7(5-16-8)11-10(15)12-9/h4,7-9H,1-3,5H2,(H2,11,12,15)/t7-,8-,9-/m0/s1. The number of carbonyl (C=O) groups is 3. The fourth-order valence-electron chi connectivity index (χ4n) is 2.18. The Bertz CT molecular complexity index is 321. The third-order valence-electron chi connectivity index (χ3n) is 2.98.